The van der Waals surface area contributed by atoms with Crippen LogP contribution in [0.4, 0.5) is 8.78 Å². The minimum atomic E-state index is -0.973. The Bertz CT molecular complexity index is 344. The SMILES string of the molecule is C[C@H](O)[C@H](N)c1cc(F)c(F)cc1Br. The molecule has 1 rings (SSSR count). The van der Waals surface area contributed by atoms with Crippen LogP contribution in [-0.2, 0) is 0 Å². The maximum atomic E-state index is 12.8. The molecule has 0 aliphatic carbocycles. The van der Waals surface area contributed by atoms with Gasteiger partial charge in [0, 0.05) is 4.47 Å². The summed E-state index contributed by atoms with van der Waals surface area (Å²) in [5.41, 5.74) is 5.93. The molecule has 0 unspecified atom stereocenters. The average molecular weight is 266 g/mol. The smallest absolute Gasteiger partial charge is 0.159 e. The Morgan fingerprint density at radius 1 is 1.36 bits per heavy atom. The fraction of sp³-hybridized carbons (Fsp3) is 0.333. The average Bonchev–Trinajstić information content (AvgIpc) is 2.10. The molecule has 0 aliphatic heterocycles. The zero-order chi connectivity index (χ0) is 10.9. The summed E-state index contributed by atoms with van der Waals surface area (Å²) in [4.78, 5) is 0. The van der Waals surface area contributed by atoms with Gasteiger partial charge < -0.3 is 10.8 Å². The minimum absolute atomic E-state index is 0.346. The predicted octanol–water partition coefficient (Wildman–Crippen LogP) is 2.11. The van der Waals surface area contributed by atoms with E-state index in [9.17, 15) is 13.9 Å². The van der Waals surface area contributed by atoms with Crippen LogP contribution in [0.5, 0.6) is 0 Å². The van der Waals surface area contributed by atoms with Gasteiger partial charge in [-0.25, -0.2) is 8.78 Å². The molecule has 0 amide bonds. The first kappa shape index (κ1) is 11.6. The number of halogens is 3. The Hall–Kier alpha value is -0.520. The van der Waals surface area contributed by atoms with Crippen LogP contribution in [0.25, 0.3) is 0 Å². The summed E-state index contributed by atoms with van der Waals surface area (Å²) in [6.07, 6.45) is -0.823. The minimum Gasteiger partial charge on any atom is -0.391 e. The van der Waals surface area contributed by atoms with Crippen molar-refractivity contribution in [2.45, 2.75) is 19.1 Å². The fourth-order valence-electron chi connectivity index (χ4n) is 1.05. The molecule has 0 fully saturated rings. The van der Waals surface area contributed by atoms with E-state index in [0.29, 0.717) is 10.0 Å². The first-order valence-electron chi connectivity index (χ1n) is 4.01. The molecule has 5 heteroatoms. The van der Waals surface area contributed by atoms with Crippen molar-refractivity contribution >= 4 is 15.9 Å². The maximum Gasteiger partial charge on any atom is 0.159 e. The molecular weight excluding hydrogens is 256 g/mol. The lowest BCUT2D eigenvalue weighted by molar-refractivity contribution is 0.164. The lowest BCUT2D eigenvalue weighted by Gasteiger charge is -2.16. The molecule has 78 valence electrons. The highest BCUT2D eigenvalue weighted by Gasteiger charge is 2.17. The van der Waals surface area contributed by atoms with Gasteiger partial charge in [0.1, 0.15) is 0 Å². The third-order valence-corrected chi connectivity index (χ3v) is 2.61. The van der Waals surface area contributed by atoms with Crippen molar-refractivity contribution in [3.05, 3.63) is 33.8 Å². The Morgan fingerprint density at radius 3 is 2.36 bits per heavy atom. The van der Waals surface area contributed by atoms with Gasteiger partial charge in [0.25, 0.3) is 0 Å². The number of rotatable bonds is 2. The fourth-order valence-corrected chi connectivity index (χ4v) is 1.63. The van der Waals surface area contributed by atoms with Crippen molar-refractivity contribution < 1.29 is 13.9 Å². The number of hydrogen-bond acceptors (Lipinski definition) is 2. The summed E-state index contributed by atoms with van der Waals surface area (Å²) in [6, 6.07) is 1.24. The van der Waals surface area contributed by atoms with Crippen molar-refractivity contribution in [1.29, 1.82) is 0 Å². The molecule has 0 heterocycles. The molecule has 3 N–H and O–H groups in total. The molecule has 0 saturated carbocycles. The van der Waals surface area contributed by atoms with Crippen molar-refractivity contribution in [2.75, 3.05) is 0 Å². The standard InChI is InChI=1S/C9H10BrF2NO/c1-4(14)9(13)5-2-7(11)8(12)3-6(5)10/h2-4,9,14H,13H2,1H3/t4-,9-/m0/s1. The quantitative estimate of drug-likeness (QED) is 0.805. The van der Waals surface area contributed by atoms with Crippen LogP contribution in [0.1, 0.15) is 18.5 Å². The molecule has 0 saturated heterocycles. The van der Waals surface area contributed by atoms with Crippen LogP contribution in [0.3, 0.4) is 0 Å². The molecule has 2 nitrogen and oxygen atoms in total. The number of nitrogens with two attached hydrogens (primary N) is 1. The van der Waals surface area contributed by atoms with E-state index in [4.69, 9.17) is 5.73 Å². The van der Waals surface area contributed by atoms with Crippen LogP contribution in [-0.4, -0.2) is 11.2 Å². The Kier molecular flexibility index (Phi) is 3.58. The van der Waals surface area contributed by atoms with Gasteiger partial charge in [0.05, 0.1) is 12.1 Å². The van der Waals surface area contributed by atoms with Crippen LogP contribution >= 0.6 is 15.9 Å². The summed E-state index contributed by atoms with van der Waals surface area (Å²) >= 11 is 3.05. The van der Waals surface area contributed by atoms with E-state index >= 15 is 0 Å². The first-order chi connectivity index (χ1) is 6.43. The van der Waals surface area contributed by atoms with Gasteiger partial charge >= 0.3 is 0 Å². The molecule has 2 atom stereocenters. The van der Waals surface area contributed by atoms with Crippen molar-refractivity contribution in [2.24, 2.45) is 5.73 Å². The van der Waals surface area contributed by atoms with E-state index in [1.54, 1.807) is 0 Å². The molecular formula is C9H10BrF2NO. The van der Waals surface area contributed by atoms with E-state index in [1.807, 2.05) is 0 Å². The molecule has 0 radical (unpaired) electrons. The Morgan fingerprint density at radius 2 is 1.86 bits per heavy atom. The van der Waals surface area contributed by atoms with Crippen molar-refractivity contribution in [1.82, 2.24) is 0 Å². The predicted molar refractivity (Wildman–Crippen MR) is 52.7 cm³/mol. The van der Waals surface area contributed by atoms with Gasteiger partial charge in [-0.3, -0.25) is 0 Å². The van der Waals surface area contributed by atoms with Gasteiger partial charge in [-0.2, -0.15) is 0 Å². The van der Waals surface area contributed by atoms with Crippen molar-refractivity contribution in [3.8, 4) is 0 Å². The molecule has 0 aromatic heterocycles. The molecule has 0 bridgehead atoms. The third kappa shape index (κ3) is 2.29. The molecule has 14 heavy (non-hydrogen) atoms. The van der Waals surface area contributed by atoms with Gasteiger partial charge in [0.15, 0.2) is 11.6 Å². The third-order valence-electron chi connectivity index (χ3n) is 1.92. The summed E-state index contributed by atoms with van der Waals surface area (Å²) in [6.45, 7) is 1.48. The number of benzene rings is 1. The van der Waals surface area contributed by atoms with Gasteiger partial charge in [-0.05, 0) is 24.6 Å². The van der Waals surface area contributed by atoms with Crippen LogP contribution in [0.2, 0.25) is 0 Å². The largest absolute Gasteiger partial charge is 0.391 e. The zero-order valence-corrected chi connectivity index (χ0v) is 9.05. The summed E-state index contributed by atoms with van der Waals surface area (Å²) in [5.74, 6) is -1.92. The van der Waals surface area contributed by atoms with E-state index < -0.39 is 23.8 Å². The van der Waals surface area contributed by atoms with Crippen LogP contribution < -0.4 is 5.73 Å². The summed E-state index contributed by atoms with van der Waals surface area (Å²) in [5, 5.41) is 9.20. The zero-order valence-electron chi connectivity index (χ0n) is 7.47. The highest BCUT2D eigenvalue weighted by molar-refractivity contribution is 9.10. The van der Waals surface area contributed by atoms with E-state index in [1.165, 1.54) is 6.92 Å². The highest BCUT2D eigenvalue weighted by Crippen LogP contribution is 2.26. The lowest BCUT2D eigenvalue weighted by atomic mass is 10.0. The van der Waals surface area contributed by atoms with E-state index in [0.717, 1.165) is 12.1 Å². The van der Waals surface area contributed by atoms with E-state index in [2.05, 4.69) is 15.9 Å². The number of aliphatic hydroxyl groups is 1. The van der Waals surface area contributed by atoms with E-state index in [-0.39, 0.29) is 0 Å². The molecule has 1 aromatic rings. The Balaban J connectivity index is 3.15. The van der Waals surface area contributed by atoms with Gasteiger partial charge in [-0.15, -0.1) is 0 Å². The first-order valence-corrected chi connectivity index (χ1v) is 4.81. The Labute approximate surface area is 88.9 Å². The summed E-state index contributed by atoms with van der Waals surface area (Å²) < 4.78 is 25.9. The molecule has 0 spiro atoms. The van der Waals surface area contributed by atoms with Gasteiger partial charge in [0.2, 0.25) is 0 Å². The van der Waals surface area contributed by atoms with Crippen LogP contribution in [0, 0.1) is 11.6 Å². The second-order valence-corrected chi connectivity index (χ2v) is 3.91. The summed E-state index contributed by atoms with van der Waals surface area (Å²) in [7, 11) is 0. The highest BCUT2D eigenvalue weighted by atomic mass is 79.9. The molecule has 0 aliphatic rings. The van der Waals surface area contributed by atoms with Crippen molar-refractivity contribution in [3.63, 3.8) is 0 Å². The van der Waals surface area contributed by atoms with Gasteiger partial charge in [-0.1, -0.05) is 15.9 Å². The second-order valence-electron chi connectivity index (χ2n) is 3.05. The lowest BCUT2D eigenvalue weighted by Crippen LogP contribution is -2.23. The second kappa shape index (κ2) is 4.33. The number of hydrogen-bond donors (Lipinski definition) is 2. The number of aliphatic hydroxyl groups excluding tert-OH is 1. The topological polar surface area (TPSA) is 46.2 Å². The van der Waals surface area contributed by atoms with Crippen LogP contribution in [0.15, 0.2) is 16.6 Å². The normalized spacial score (nSPS) is 15.3. The monoisotopic (exact) mass is 265 g/mol. The maximum absolute atomic E-state index is 12.8. The molecule has 1 aromatic carbocycles.